The molecule has 0 atom stereocenters. The van der Waals surface area contributed by atoms with E-state index in [9.17, 15) is 4.79 Å². The van der Waals surface area contributed by atoms with Crippen molar-refractivity contribution in [3.63, 3.8) is 0 Å². The van der Waals surface area contributed by atoms with Crippen LogP contribution in [0.1, 0.15) is 27.2 Å². The average Bonchev–Trinajstić information content (AvgIpc) is 3.57. The first-order valence-corrected chi connectivity index (χ1v) is 13.5. The smallest absolute Gasteiger partial charge is 0.255 e. The molecular formula is C32H31N3O2S. The Morgan fingerprint density at radius 1 is 0.947 bits per heavy atom. The van der Waals surface area contributed by atoms with Crippen LogP contribution in [0, 0.1) is 6.92 Å². The topological polar surface area (TPSA) is 47.4 Å². The number of benzene rings is 3. The summed E-state index contributed by atoms with van der Waals surface area (Å²) in [4.78, 5) is 20.4. The van der Waals surface area contributed by atoms with Crippen LogP contribution >= 0.6 is 11.3 Å². The van der Waals surface area contributed by atoms with Crippen molar-refractivity contribution < 1.29 is 9.53 Å². The molecule has 0 bridgehead atoms. The van der Waals surface area contributed by atoms with Crippen LogP contribution < -0.4 is 4.74 Å². The molecule has 38 heavy (non-hydrogen) atoms. The summed E-state index contributed by atoms with van der Waals surface area (Å²) in [5.74, 6) is 0.829. The lowest BCUT2D eigenvalue weighted by atomic mass is 10.1. The van der Waals surface area contributed by atoms with E-state index in [1.54, 1.807) is 23.3 Å². The lowest BCUT2D eigenvalue weighted by molar-refractivity contribution is 0.0784. The molecule has 5 aromatic rings. The largest absolute Gasteiger partial charge is 0.497 e. The molecule has 192 valence electrons. The van der Waals surface area contributed by atoms with Gasteiger partial charge >= 0.3 is 0 Å². The third kappa shape index (κ3) is 5.55. The van der Waals surface area contributed by atoms with Crippen molar-refractivity contribution >= 4 is 17.2 Å². The standard InChI is InChI=1S/C32H31N3O2S/c1-23-28(32(36)34(2)21-25-12-8-5-9-13-25)20-30(35(23)19-18-24-10-6-4-7-11-24)29-22-38-31(33-29)26-14-16-27(37-3)17-15-26/h4-17,20,22H,18-19,21H2,1-3H3. The number of hydrogen-bond donors (Lipinski definition) is 0. The van der Waals surface area contributed by atoms with Crippen LogP contribution in [-0.2, 0) is 19.5 Å². The van der Waals surface area contributed by atoms with E-state index in [1.165, 1.54) is 5.56 Å². The molecule has 5 nitrogen and oxygen atoms in total. The summed E-state index contributed by atoms with van der Waals surface area (Å²) in [6, 6.07) is 30.5. The van der Waals surface area contributed by atoms with Gasteiger partial charge in [0.25, 0.3) is 5.91 Å². The average molecular weight is 522 g/mol. The third-order valence-corrected chi connectivity index (χ3v) is 7.67. The van der Waals surface area contributed by atoms with Gasteiger partial charge in [-0.05, 0) is 54.8 Å². The Morgan fingerprint density at radius 3 is 2.26 bits per heavy atom. The maximum Gasteiger partial charge on any atom is 0.255 e. The monoisotopic (exact) mass is 521 g/mol. The van der Waals surface area contributed by atoms with Crippen molar-refractivity contribution in [2.24, 2.45) is 0 Å². The van der Waals surface area contributed by atoms with Crippen molar-refractivity contribution in [1.82, 2.24) is 14.5 Å². The molecule has 0 unspecified atom stereocenters. The number of rotatable bonds is 9. The van der Waals surface area contributed by atoms with Crippen LogP contribution in [0.2, 0.25) is 0 Å². The summed E-state index contributed by atoms with van der Waals surface area (Å²) in [6.45, 7) is 3.35. The minimum atomic E-state index is 0.0108. The zero-order chi connectivity index (χ0) is 26.5. The Kier molecular flexibility index (Phi) is 7.70. The van der Waals surface area contributed by atoms with E-state index in [-0.39, 0.29) is 5.91 Å². The minimum absolute atomic E-state index is 0.0108. The quantitative estimate of drug-likeness (QED) is 0.208. The number of carbonyl (C=O) groups is 1. The molecule has 0 aliphatic carbocycles. The molecule has 0 N–H and O–H groups in total. The molecule has 0 saturated heterocycles. The first-order chi connectivity index (χ1) is 18.5. The molecular weight excluding hydrogens is 490 g/mol. The maximum atomic E-state index is 13.6. The number of thiazole rings is 1. The molecule has 0 saturated carbocycles. The molecule has 0 fully saturated rings. The van der Waals surface area contributed by atoms with E-state index < -0.39 is 0 Å². The Balaban J connectivity index is 1.48. The van der Waals surface area contributed by atoms with E-state index in [0.29, 0.717) is 12.1 Å². The zero-order valence-electron chi connectivity index (χ0n) is 21.9. The predicted octanol–water partition coefficient (Wildman–Crippen LogP) is 7.11. The van der Waals surface area contributed by atoms with Gasteiger partial charge in [0.05, 0.1) is 24.1 Å². The molecule has 0 radical (unpaired) electrons. The summed E-state index contributed by atoms with van der Waals surface area (Å²) in [5.41, 5.74) is 6.92. The number of aryl methyl sites for hydroxylation is 1. The van der Waals surface area contributed by atoms with Crippen molar-refractivity contribution in [2.45, 2.75) is 26.4 Å². The van der Waals surface area contributed by atoms with Crippen molar-refractivity contribution in [3.05, 3.63) is 119 Å². The van der Waals surface area contributed by atoms with Gasteiger partial charge in [0.1, 0.15) is 10.8 Å². The second-order valence-corrected chi connectivity index (χ2v) is 10.2. The Hall–Kier alpha value is -4.16. The van der Waals surface area contributed by atoms with Crippen LogP contribution in [0.4, 0.5) is 0 Å². The van der Waals surface area contributed by atoms with E-state index in [2.05, 4.69) is 34.2 Å². The molecule has 2 aromatic heterocycles. The van der Waals surface area contributed by atoms with Crippen LogP contribution in [-0.4, -0.2) is 34.5 Å². The molecule has 6 heteroatoms. The van der Waals surface area contributed by atoms with Gasteiger partial charge in [-0.15, -0.1) is 11.3 Å². The van der Waals surface area contributed by atoms with Crippen molar-refractivity contribution in [2.75, 3.05) is 14.2 Å². The zero-order valence-corrected chi connectivity index (χ0v) is 22.7. The van der Waals surface area contributed by atoms with Crippen LogP contribution in [0.3, 0.4) is 0 Å². The van der Waals surface area contributed by atoms with E-state index >= 15 is 0 Å². The Bertz CT molecular complexity index is 1510. The SMILES string of the molecule is COc1ccc(-c2nc(-c3cc(C(=O)N(C)Cc4ccccc4)c(C)n3CCc3ccccc3)cs2)cc1. The maximum absolute atomic E-state index is 13.6. The van der Waals surface area contributed by atoms with Crippen LogP contribution in [0.25, 0.3) is 22.0 Å². The lowest BCUT2D eigenvalue weighted by Gasteiger charge is -2.17. The van der Waals surface area contributed by atoms with Crippen LogP contribution in [0.5, 0.6) is 5.75 Å². The Labute approximate surface area is 228 Å². The highest BCUT2D eigenvalue weighted by Gasteiger charge is 2.22. The van der Waals surface area contributed by atoms with E-state index in [4.69, 9.17) is 9.72 Å². The molecule has 2 heterocycles. The molecule has 3 aromatic carbocycles. The first-order valence-electron chi connectivity index (χ1n) is 12.7. The lowest BCUT2D eigenvalue weighted by Crippen LogP contribution is -2.26. The minimum Gasteiger partial charge on any atom is -0.497 e. The van der Waals surface area contributed by atoms with Gasteiger partial charge in [-0.2, -0.15) is 0 Å². The summed E-state index contributed by atoms with van der Waals surface area (Å²) in [5, 5.41) is 3.01. The molecule has 5 rings (SSSR count). The van der Waals surface area contributed by atoms with E-state index in [0.717, 1.165) is 51.9 Å². The van der Waals surface area contributed by atoms with Crippen molar-refractivity contribution in [1.29, 1.82) is 0 Å². The molecule has 0 aliphatic heterocycles. The predicted molar refractivity (Wildman–Crippen MR) is 155 cm³/mol. The summed E-state index contributed by atoms with van der Waals surface area (Å²) in [7, 11) is 3.53. The highest BCUT2D eigenvalue weighted by atomic mass is 32.1. The van der Waals surface area contributed by atoms with E-state index in [1.807, 2.05) is 80.7 Å². The molecule has 1 amide bonds. The van der Waals surface area contributed by atoms with Crippen molar-refractivity contribution in [3.8, 4) is 27.7 Å². The third-order valence-electron chi connectivity index (χ3n) is 6.78. The number of ether oxygens (including phenoxy) is 1. The fourth-order valence-corrected chi connectivity index (χ4v) is 5.46. The Morgan fingerprint density at radius 2 is 1.61 bits per heavy atom. The molecule has 0 aliphatic rings. The second-order valence-electron chi connectivity index (χ2n) is 9.33. The van der Waals surface area contributed by atoms with Gasteiger partial charge in [-0.3, -0.25) is 4.79 Å². The fourth-order valence-electron chi connectivity index (χ4n) is 4.64. The molecule has 0 spiro atoms. The number of hydrogen-bond acceptors (Lipinski definition) is 4. The number of amides is 1. The highest BCUT2D eigenvalue weighted by molar-refractivity contribution is 7.13. The normalized spacial score (nSPS) is 10.9. The number of methoxy groups -OCH3 is 1. The van der Waals surface area contributed by atoms with Gasteiger partial charge in [0.2, 0.25) is 0 Å². The second kappa shape index (κ2) is 11.5. The fraction of sp³-hybridized carbons (Fsp3) is 0.188. The van der Waals surface area contributed by atoms with Gasteiger partial charge in [-0.1, -0.05) is 60.7 Å². The first kappa shape index (κ1) is 25.5. The van der Waals surface area contributed by atoms with Gasteiger partial charge in [-0.25, -0.2) is 4.98 Å². The van der Waals surface area contributed by atoms with Gasteiger partial charge < -0.3 is 14.2 Å². The van der Waals surface area contributed by atoms with Crippen LogP contribution in [0.15, 0.2) is 96.4 Å². The number of nitrogens with zero attached hydrogens (tertiary/aromatic N) is 3. The summed E-state index contributed by atoms with van der Waals surface area (Å²) in [6.07, 6.45) is 0.867. The summed E-state index contributed by atoms with van der Waals surface area (Å²) < 4.78 is 7.54. The summed E-state index contributed by atoms with van der Waals surface area (Å²) >= 11 is 1.61. The highest BCUT2D eigenvalue weighted by Crippen LogP contribution is 2.33. The van der Waals surface area contributed by atoms with Gasteiger partial charge in [0.15, 0.2) is 0 Å². The van der Waals surface area contributed by atoms with Gasteiger partial charge in [0, 0.05) is 36.8 Å². The number of carbonyl (C=O) groups excluding carboxylic acids is 1. The number of aromatic nitrogens is 2.